The van der Waals surface area contributed by atoms with E-state index >= 15 is 0 Å². The molecule has 2 atom stereocenters. The molecule has 1 rings (SSSR count). The minimum absolute atomic E-state index is 0.193. The number of nitrogens with zero attached hydrogens (tertiary/aromatic N) is 1. The number of aliphatic hydroxyl groups is 1. The van der Waals surface area contributed by atoms with E-state index in [0.717, 1.165) is 13.0 Å². The van der Waals surface area contributed by atoms with Crippen molar-refractivity contribution in [1.29, 1.82) is 0 Å². The second kappa shape index (κ2) is 4.94. The third-order valence-corrected chi connectivity index (χ3v) is 2.75. The summed E-state index contributed by atoms with van der Waals surface area (Å²) in [5.41, 5.74) is 0. The van der Waals surface area contributed by atoms with Crippen molar-refractivity contribution in [3.8, 4) is 0 Å². The Morgan fingerprint density at radius 2 is 2.23 bits per heavy atom. The Balaban J connectivity index is 2.55. The largest absolute Gasteiger partial charge is 0.391 e. The van der Waals surface area contributed by atoms with Gasteiger partial charge >= 0.3 is 0 Å². The second-order valence-electron chi connectivity index (χ2n) is 3.92. The standard InChI is InChI=1S/C10H21NO2/c1-4-11(8(2)3)9-7-13-6-5-10(9)12/h8-10,12H,4-7H2,1-3H3. The van der Waals surface area contributed by atoms with E-state index < -0.39 is 0 Å². The van der Waals surface area contributed by atoms with E-state index in [9.17, 15) is 5.11 Å². The first kappa shape index (κ1) is 11.0. The molecule has 1 aliphatic heterocycles. The van der Waals surface area contributed by atoms with Crippen LogP contribution in [-0.4, -0.2) is 48.0 Å². The number of aliphatic hydroxyl groups excluding tert-OH is 1. The molecule has 0 saturated carbocycles. The molecule has 0 bridgehead atoms. The molecule has 1 fully saturated rings. The maximum atomic E-state index is 9.80. The average Bonchev–Trinajstić information content (AvgIpc) is 2.09. The van der Waals surface area contributed by atoms with Crippen molar-refractivity contribution < 1.29 is 9.84 Å². The maximum Gasteiger partial charge on any atom is 0.0739 e. The van der Waals surface area contributed by atoms with Gasteiger partial charge in [-0.05, 0) is 26.8 Å². The van der Waals surface area contributed by atoms with Crippen LogP contribution < -0.4 is 0 Å². The third-order valence-electron chi connectivity index (χ3n) is 2.75. The number of hydrogen-bond acceptors (Lipinski definition) is 3. The lowest BCUT2D eigenvalue weighted by molar-refractivity contribution is -0.0683. The molecule has 78 valence electrons. The molecule has 2 unspecified atom stereocenters. The van der Waals surface area contributed by atoms with Crippen molar-refractivity contribution in [2.75, 3.05) is 19.8 Å². The van der Waals surface area contributed by atoms with Crippen LogP contribution in [0.5, 0.6) is 0 Å². The maximum absolute atomic E-state index is 9.80. The van der Waals surface area contributed by atoms with Gasteiger partial charge in [0.15, 0.2) is 0 Å². The molecule has 0 aromatic carbocycles. The Morgan fingerprint density at radius 1 is 1.54 bits per heavy atom. The van der Waals surface area contributed by atoms with E-state index in [1.807, 2.05) is 0 Å². The molecule has 1 heterocycles. The molecule has 0 aromatic rings. The van der Waals surface area contributed by atoms with Gasteiger partial charge < -0.3 is 9.84 Å². The zero-order valence-corrected chi connectivity index (χ0v) is 8.86. The molecule has 1 saturated heterocycles. The Kier molecular flexibility index (Phi) is 4.16. The van der Waals surface area contributed by atoms with Gasteiger partial charge in [0.1, 0.15) is 0 Å². The van der Waals surface area contributed by atoms with Gasteiger partial charge in [0.05, 0.1) is 18.8 Å². The molecule has 0 spiro atoms. The molecule has 1 N–H and O–H groups in total. The van der Waals surface area contributed by atoms with Crippen LogP contribution >= 0.6 is 0 Å². The summed E-state index contributed by atoms with van der Waals surface area (Å²) >= 11 is 0. The van der Waals surface area contributed by atoms with Gasteiger partial charge in [-0.15, -0.1) is 0 Å². The Morgan fingerprint density at radius 3 is 2.69 bits per heavy atom. The minimum Gasteiger partial charge on any atom is -0.391 e. The molecule has 0 amide bonds. The fraction of sp³-hybridized carbons (Fsp3) is 1.00. The first-order chi connectivity index (χ1) is 6.16. The number of likely N-dealkylation sites (N-methyl/N-ethyl adjacent to an activating group) is 1. The Bertz CT molecular complexity index is 150. The van der Waals surface area contributed by atoms with Crippen LogP contribution in [0.1, 0.15) is 27.2 Å². The summed E-state index contributed by atoms with van der Waals surface area (Å²) < 4.78 is 5.38. The van der Waals surface area contributed by atoms with E-state index in [0.29, 0.717) is 19.3 Å². The van der Waals surface area contributed by atoms with Crippen molar-refractivity contribution in [1.82, 2.24) is 4.90 Å². The quantitative estimate of drug-likeness (QED) is 0.711. The summed E-state index contributed by atoms with van der Waals surface area (Å²) in [4.78, 5) is 2.30. The van der Waals surface area contributed by atoms with E-state index in [-0.39, 0.29) is 12.1 Å². The summed E-state index contributed by atoms with van der Waals surface area (Å²) in [6, 6.07) is 0.671. The summed E-state index contributed by atoms with van der Waals surface area (Å²) in [7, 11) is 0. The Hall–Kier alpha value is -0.120. The summed E-state index contributed by atoms with van der Waals surface area (Å²) in [5.74, 6) is 0. The topological polar surface area (TPSA) is 32.7 Å². The van der Waals surface area contributed by atoms with Gasteiger partial charge in [0.2, 0.25) is 0 Å². The molecule has 0 aromatic heterocycles. The van der Waals surface area contributed by atoms with Crippen LogP contribution in [0.2, 0.25) is 0 Å². The monoisotopic (exact) mass is 187 g/mol. The molecule has 3 heteroatoms. The van der Waals surface area contributed by atoms with Crippen molar-refractivity contribution in [2.24, 2.45) is 0 Å². The first-order valence-electron chi connectivity index (χ1n) is 5.18. The van der Waals surface area contributed by atoms with Gasteiger partial charge in [-0.2, -0.15) is 0 Å². The van der Waals surface area contributed by atoms with Gasteiger partial charge in [0, 0.05) is 12.6 Å². The third kappa shape index (κ3) is 2.66. The van der Waals surface area contributed by atoms with E-state index in [2.05, 4.69) is 25.7 Å². The van der Waals surface area contributed by atoms with Gasteiger partial charge in [-0.25, -0.2) is 0 Å². The van der Waals surface area contributed by atoms with Crippen LogP contribution in [0.15, 0.2) is 0 Å². The Labute approximate surface area is 80.7 Å². The van der Waals surface area contributed by atoms with Crippen LogP contribution in [0.4, 0.5) is 0 Å². The zero-order valence-electron chi connectivity index (χ0n) is 8.86. The highest BCUT2D eigenvalue weighted by Crippen LogP contribution is 2.16. The molecular formula is C10H21NO2. The van der Waals surface area contributed by atoms with Crippen LogP contribution in [0.3, 0.4) is 0 Å². The zero-order chi connectivity index (χ0) is 9.84. The molecule has 3 nitrogen and oxygen atoms in total. The fourth-order valence-electron chi connectivity index (χ4n) is 2.01. The predicted molar refractivity (Wildman–Crippen MR) is 52.7 cm³/mol. The van der Waals surface area contributed by atoms with E-state index in [4.69, 9.17) is 4.74 Å². The highest BCUT2D eigenvalue weighted by Gasteiger charge is 2.29. The van der Waals surface area contributed by atoms with Gasteiger partial charge in [-0.1, -0.05) is 6.92 Å². The van der Waals surface area contributed by atoms with E-state index in [1.165, 1.54) is 0 Å². The van der Waals surface area contributed by atoms with Crippen molar-refractivity contribution in [3.63, 3.8) is 0 Å². The normalized spacial score (nSPS) is 30.0. The molecular weight excluding hydrogens is 166 g/mol. The minimum atomic E-state index is -0.212. The second-order valence-corrected chi connectivity index (χ2v) is 3.92. The highest BCUT2D eigenvalue weighted by molar-refractivity contribution is 4.83. The summed E-state index contributed by atoms with van der Waals surface area (Å²) in [6.45, 7) is 8.79. The fourth-order valence-corrected chi connectivity index (χ4v) is 2.01. The van der Waals surface area contributed by atoms with Crippen molar-refractivity contribution in [2.45, 2.75) is 45.4 Å². The van der Waals surface area contributed by atoms with Gasteiger partial charge in [0.25, 0.3) is 0 Å². The van der Waals surface area contributed by atoms with Crippen LogP contribution in [0, 0.1) is 0 Å². The summed E-state index contributed by atoms with van der Waals surface area (Å²) in [6.07, 6.45) is 0.560. The SMILES string of the molecule is CCN(C(C)C)C1COCCC1O. The highest BCUT2D eigenvalue weighted by atomic mass is 16.5. The summed E-state index contributed by atoms with van der Waals surface area (Å²) in [5, 5.41) is 9.80. The molecule has 0 radical (unpaired) electrons. The lowest BCUT2D eigenvalue weighted by Crippen LogP contribution is -2.52. The smallest absolute Gasteiger partial charge is 0.0739 e. The number of rotatable bonds is 3. The number of ether oxygens (including phenoxy) is 1. The molecule has 1 aliphatic rings. The lowest BCUT2D eigenvalue weighted by atomic mass is 10.0. The number of hydrogen-bond donors (Lipinski definition) is 1. The van der Waals surface area contributed by atoms with Crippen molar-refractivity contribution >= 4 is 0 Å². The van der Waals surface area contributed by atoms with Crippen molar-refractivity contribution in [3.05, 3.63) is 0 Å². The molecule has 0 aliphatic carbocycles. The van der Waals surface area contributed by atoms with E-state index in [1.54, 1.807) is 0 Å². The lowest BCUT2D eigenvalue weighted by Gasteiger charge is -2.39. The average molecular weight is 187 g/mol. The predicted octanol–water partition coefficient (Wildman–Crippen LogP) is 0.866. The van der Waals surface area contributed by atoms with Gasteiger partial charge in [-0.3, -0.25) is 4.90 Å². The van der Waals surface area contributed by atoms with Crippen LogP contribution in [0.25, 0.3) is 0 Å². The molecule has 13 heavy (non-hydrogen) atoms. The van der Waals surface area contributed by atoms with Crippen LogP contribution in [-0.2, 0) is 4.74 Å². The first-order valence-corrected chi connectivity index (χ1v) is 5.18.